The molecule has 102 valence electrons. The lowest BCUT2D eigenvalue weighted by molar-refractivity contribution is -0.124. The minimum Gasteiger partial charge on any atom is -0.465 e. The van der Waals surface area contributed by atoms with E-state index in [1.165, 1.54) is 0 Å². The maximum absolute atomic E-state index is 11.9. The SMILES string of the molecule is Cc1ccc(C(C)NC(C)C(=O)NC(C)(C)C)o1. The van der Waals surface area contributed by atoms with E-state index in [1.54, 1.807) is 0 Å². The zero-order chi connectivity index (χ0) is 13.9. The molecule has 0 spiro atoms. The van der Waals surface area contributed by atoms with Gasteiger partial charge in [0.2, 0.25) is 5.91 Å². The third-order valence-electron chi connectivity index (χ3n) is 2.58. The quantitative estimate of drug-likeness (QED) is 0.866. The summed E-state index contributed by atoms with van der Waals surface area (Å²) in [7, 11) is 0. The zero-order valence-corrected chi connectivity index (χ0v) is 12.1. The van der Waals surface area contributed by atoms with Crippen LogP contribution in [0, 0.1) is 6.92 Å². The Balaban J connectivity index is 2.54. The Bertz CT molecular complexity index is 404. The lowest BCUT2D eigenvalue weighted by atomic mass is 10.1. The van der Waals surface area contributed by atoms with Crippen LogP contribution in [0.1, 0.15) is 52.2 Å². The lowest BCUT2D eigenvalue weighted by Crippen LogP contribution is -2.49. The van der Waals surface area contributed by atoms with E-state index in [-0.39, 0.29) is 23.5 Å². The van der Waals surface area contributed by atoms with Gasteiger partial charge in [0.1, 0.15) is 11.5 Å². The van der Waals surface area contributed by atoms with Gasteiger partial charge in [-0.15, -0.1) is 0 Å². The lowest BCUT2D eigenvalue weighted by Gasteiger charge is -2.25. The Kier molecular flexibility index (Phi) is 4.57. The Morgan fingerprint density at radius 1 is 1.28 bits per heavy atom. The summed E-state index contributed by atoms with van der Waals surface area (Å²) in [5.74, 6) is 1.73. The molecule has 1 aromatic rings. The van der Waals surface area contributed by atoms with Crippen molar-refractivity contribution in [1.82, 2.24) is 10.6 Å². The first-order valence-electron chi connectivity index (χ1n) is 6.33. The Morgan fingerprint density at radius 3 is 2.33 bits per heavy atom. The van der Waals surface area contributed by atoms with Gasteiger partial charge in [-0.2, -0.15) is 0 Å². The predicted octanol–water partition coefficient (Wildman–Crippen LogP) is 2.54. The zero-order valence-electron chi connectivity index (χ0n) is 12.1. The van der Waals surface area contributed by atoms with Gasteiger partial charge in [-0.3, -0.25) is 10.1 Å². The summed E-state index contributed by atoms with van der Waals surface area (Å²) < 4.78 is 5.53. The highest BCUT2D eigenvalue weighted by Gasteiger charge is 2.21. The minimum absolute atomic E-state index is 0.00220. The number of carbonyl (C=O) groups excluding carboxylic acids is 1. The molecule has 1 rings (SSSR count). The molecule has 2 atom stereocenters. The highest BCUT2D eigenvalue weighted by molar-refractivity contribution is 5.81. The molecule has 0 saturated carbocycles. The molecule has 1 heterocycles. The largest absolute Gasteiger partial charge is 0.465 e. The molecule has 1 amide bonds. The molecule has 18 heavy (non-hydrogen) atoms. The van der Waals surface area contributed by atoms with E-state index in [0.717, 1.165) is 11.5 Å². The molecule has 2 unspecified atom stereocenters. The second-order valence-corrected chi connectivity index (χ2v) is 5.80. The van der Waals surface area contributed by atoms with Crippen LogP contribution in [-0.4, -0.2) is 17.5 Å². The molecule has 1 aromatic heterocycles. The summed E-state index contributed by atoms with van der Waals surface area (Å²) >= 11 is 0. The summed E-state index contributed by atoms with van der Waals surface area (Å²) in [5, 5.41) is 6.17. The highest BCUT2D eigenvalue weighted by Crippen LogP contribution is 2.16. The summed E-state index contributed by atoms with van der Waals surface area (Å²) in [6.45, 7) is 11.7. The second kappa shape index (κ2) is 5.57. The molecule has 0 radical (unpaired) electrons. The van der Waals surface area contributed by atoms with Crippen molar-refractivity contribution in [3.8, 4) is 0 Å². The van der Waals surface area contributed by atoms with Crippen molar-refractivity contribution in [1.29, 1.82) is 0 Å². The van der Waals surface area contributed by atoms with Crippen molar-refractivity contribution in [2.75, 3.05) is 0 Å². The fourth-order valence-corrected chi connectivity index (χ4v) is 1.70. The topological polar surface area (TPSA) is 54.3 Å². The van der Waals surface area contributed by atoms with Gasteiger partial charge < -0.3 is 9.73 Å². The van der Waals surface area contributed by atoms with Gasteiger partial charge >= 0.3 is 0 Å². The second-order valence-electron chi connectivity index (χ2n) is 5.80. The van der Waals surface area contributed by atoms with Crippen LogP contribution in [0.4, 0.5) is 0 Å². The molecule has 4 heteroatoms. The molecule has 0 saturated heterocycles. The Hall–Kier alpha value is -1.29. The fourth-order valence-electron chi connectivity index (χ4n) is 1.70. The number of carbonyl (C=O) groups is 1. The normalized spacial score (nSPS) is 15.2. The number of hydrogen-bond acceptors (Lipinski definition) is 3. The third-order valence-corrected chi connectivity index (χ3v) is 2.58. The summed E-state index contributed by atoms with van der Waals surface area (Å²) in [6, 6.07) is 3.61. The van der Waals surface area contributed by atoms with Crippen molar-refractivity contribution in [2.24, 2.45) is 0 Å². The number of nitrogens with one attached hydrogen (secondary N) is 2. The molecule has 4 nitrogen and oxygen atoms in total. The van der Waals surface area contributed by atoms with Gasteiger partial charge in [0.05, 0.1) is 12.1 Å². The molecule has 0 fully saturated rings. The molecule has 0 aliphatic heterocycles. The average Bonchev–Trinajstić information content (AvgIpc) is 2.62. The van der Waals surface area contributed by atoms with Crippen LogP contribution in [0.15, 0.2) is 16.5 Å². The smallest absolute Gasteiger partial charge is 0.237 e. The van der Waals surface area contributed by atoms with E-state index >= 15 is 0 Å². The fraction of sp³-hybridized carbons (Fsp3) is 0.643. The van der Waals surface area contributed by atoms with Gasteiger partial charge in [0.15, 0.2) is 0 Å². The molecular weight excluding hydrogens is 228 g/mol. The van der Waals surface area contributed by atoms with Crippen molar-refractivity contribution < 1.29 is 9.21 Å². The van der Waals surface area contributed by atoms with Crippen molar-refractivity contribution in [3.05, 3.63) is 23.7 Å². The van der Waals surface area contributed by atoms with Gasteiger partial charge in [-0.25, -0.2) is 0 Å². The predicted molar refractivity (Wildman–Crippen MR) is 72.4 cm³/mol. The number of hydrogen-bond donors (Lipinski definition) is 2. The van der Waals surface area contributed by atoms with Crippen molar-refractivity contribution in [3.63, 3.8) is 0 Å². The van der Waals surface area contributed by atoms with Crippen LogP contribution in [-0.2, 0) is 4.79 Å². The average molecular weight is 252 g/mol. The van der Waals surface area contributed by atoms with Gasteiger partial charge in [-0.1, -0.05) is 0 Å². The van der Waals surface area contributed by atoms with Gasteiger partial charge in [0, 0.05) is 5.54 Å². The third kappa shape index (κ3) is 4.53. The Labute approximate surface area is 109 Å². The molecule has 2 N–H and O–H groups in total. The van der Waals surface area contributed by atoms with Crippen molar-refractivity contribution >= 4 is 5.91 Å². The van der Waals surface area contributed by atoms with Crippen LogP contribution in [0.25, 0.3) is 0 Å². The summed E-state index contributed by atoms with van der Waals surface area (Å²) in [6.07, 6.45) is 0. The maximum Gasteiger partial charge on any atom is 0.237 e. The van der Waals surface area contributed by atoms with E-state index in [4.69, 9.17) is 4.42 Å². The monoisotopic (exact) mass is 252 g/mol. The minimum atomic E-state index is -0.260. The standard InChI is InChI=1S/C14H24N2O2/c1-9-7-8-12(18-9)10(2)15-11(3)13(17)16-14(4,5)6/h7-8,10-11,15H,1-6H3,(H,16,17). The van der Waals surface area contributed by atoms with Crippen LogP contribution < -0.4 is 10.6 Å². The summed E-state index contributed by atoms with van der Waals surface area (Å²) in [5.41, 5.74) is -0.211. The van der Waals surface area contributed by atoms with Gasteiger partial charge in [-0.05, 0) is 53.7 Å². The first kappa shape index (κ1) is 14.8. The first-order valence-corrected chi connectivity index (χ1v) is 6.33. The molecule has 0 aromatic carbocycles. The van der Waals surface area contributed by atoms with E-state index in [9.17, 15) is 4.79 Å². The van der Waals surface area contributed by atoms with Crippen LogP contribution in [0.2, 0.25) is 0 Å². The molecular formula is C14H24N2O2. The highest BCUT2D eigenvalue weighted by atomic mass is 16.3. The maximum atomic E-state index is 11.9. The first-order chi connectivity index (χ1) is 8.19. The van der Waals surface area contributed by atoms with Crippen LogP contribution in [0.3, 0.4) is 0 Å². The molecule has 0 aliphatic rings. The number of furan rings is 1. The number of aryl methyl sites for hydroxylation is 1. The van der Waals surface area contributed by atoms with Crippen molar-refractivity contribution in [2.45, 2.75) is 59.2 Å². The molecule has 0 bridgehead atoms. The van der Waals surface area contributed by atoms with Crippen LogP contribution >= 0.6 is 0 Å². The van der Waals surface area contributed by atoms with E-state index < -0.39 is 0 Å². The Morgan fingerprint density at radius 2 is 1.89 bits per heavy atom. The molecule has 0 aliphatic carbocycles. The van der Waals surface area contributed by atoms with Gasteiger partial charge in [0.25, 0.3) is 0 Å². The van der Waals surface area contributed by atoms with E-state index in [0.29, 0.717) is 0 Å². The van der Waals surface area contributed by atoms with E-state index in [2.05, 4.69) is 10.6 Å². The van der Waals surface area contributed by atoms with Crippen LogP contribution in [0.5, 0.6) is 0 Å². The summed E-state index contributed by atoms with van der Waals surface area (Å²) in [4.78, 5) is 11.9. The van der Waals surface area contributed by atoms with E-state index in [1.807, 2.05) is 53.7 Å². The number of rotatable bonds is 4. The number of amides is 1.